The van der Waals surface area contributed by atoms with Gasteiger partial charge in [-0.05, 0) is 63.1 Å². The van der Waals surface area contributed by atoms with Crippen LogP contribution in [0, 0.1) is 27.7 Å². The number of carbonyl (C=O) groups excluding carboxylic acids is 1. The van der Waals surface area contributed by atoms with Gasteiger partial charge >= 0.3 is 0 Å². The molecule has 4 aromatic rings. The zero-order chi connectivity index (χ0) is 22.1. The van der Waals surface area contributed by atoms with Crippen molar-refractivity contribution in [3.63, 3.8) is 0 Å². The minimum absolute atomic E-state index is 0.131. The number of hydrogen-bond donors (Lipinski definition) is 1. The Kier molecular flexibility index (Phi) is 5.97. The highest BCUT2D eigenvalue weighted by Gasteiger charge is 2.16. The molecule has 0 fully saturated rings. The van der Waals surface area contributed by atoms with E-state index in [0.29, 0.717) is 5.88 Å². The molecule has 0 saturated carbocycles. The van der Waals surface area contributed by atoms with Crippen LogP contribution >= 0.6 is 23.1 Å². The Bertz CT molecular complexity index is 1280. The minimum Gasteiger partial charge on any atom is -0.466 e. The summed E-state index contributed by atoms with van der Waals surface area (Å²) >= 11 is 3.24. The molecule has 0 saturated heterocycles. The standard InChI is InChI=1S/C22H23N5O2S2/c1-12-9-16(31-22-24-15(4)11-30-22)6-7-17(12)25-18(28)10-29-21-19-13(2)8-14(3)23-20(19)27(5)26-21/h6-9,11H,10H2,1-5H3,(H,25,28). The monoisotopic (exact) mass is 453 g/mol. The Balaban J connectivity index is 1.42. The maximum Gasteiger partial charge on any atom is 0.262 e. The van der Waals surface area contributed by atoms with E-state index in [1.165, 1.54) is 0 Å². The number of aromatic nitrogens is 4. The third-order valence-electron chi connectivity index (χ3n) is 4.70. The van der Waals surface area contributed by atoms with E-state index in [9.17, 15) is 4.79 Å². The first-order chi connectivity index (χ1) is 14.8. The van der Waals surface area contributed by atoms with Crippen LogP contribution in [0.2, 0.25) is 0 Å². The Morgan fingerprint density at radius 1 is 1.13 bits per heavy atom. The van der Waals surface area contributed by atoms with Crippen LogP contribution in [0.5, 0.6) is 5.88 Å². The van der Waals surface area contributed by atoms with Gasteiger partial charge in [-0.15, -0.1) is 16.4 Å². The zero-order valence-corrected chi connectivity index (χ0v) is 19.6. The average molecular weight is 454 g/mol. The highest BCUT2D eigenvalue weighted by molar-refractivity contribution is 8.01. The minimum atomic E-state index is -0.240. The lowest BCUT2D eigenvalue weighted by atomic mass is 10.2. The van der Waals surface area contributed by atoms with E-state index in [1.54, 1.807) is 27.8 Å². The van der Waals surface area contributed by atoms with E-state index in [-0.39, 0.29) is 12.5 Å². The molecule has 0 radical (unpaired) electrons. The highest BCUT2D eigenvalue weighted by Crippen LogP contribution is 2.32. The number of aryl methyl sites for hydroxylation is 5. The number of thiazole rings is 1. The summed E-state index contributed by atoms with van der Waals surface area (Å²) in [5.74, 6) is 0.176. The number of nitrogens with one attached hydrogen (secondary N) is 1. The first-order valence-electron chi connectivity index (χ1n) is 9.74. The number of rotatable bonds is 6. The topological polar surface area (TPSA) is 81.9 Å². The molecule has 9 heteroatoms. The van der Waals surface area contributed by atoms with Crippen LogP contribution in [0.15, 0.2) is 38.9 Å². The van der Waals surface area contributed by atoms with Gasteiger partial charge in [0.2, 0.25) is 5.88 Å². The van der Waals surface area contributed by atoms with Gasteiger partial charge in [0, 0.05) is 34.4 Å². The van der Waals surface area contributed by atoms with Gasteiger partial charge < -0.3 is 10.1 Å². The van der Waals surface area contributed by atoms with Gasteiger partial charge in [0.15, 0.2) is 16.6 Å². The number of benzene rings is 1. The fraction of sp³-hybridized carbons (Fsp3) is 0.273. The Morgan fingerprint density at radius 2 is 1.94 bits per heavy atom. The molecular weight excluding hydrogens is 430 g/mol. The van der Waals surface area contributed by atoms with Gasteiger partial charge in [0.25, 0.3) is 5.91 Å². The van der Waals surface area contributed by atoms with Gasteiger partial charge in [-0.3, -0.25) is 4.79 Å². The predicted octanol–water partition coefficient (Wildman–Crippen LogP) is 4.83. The largest absolute Gasteiger partial charge is 0.466 e. The molecule has 3 heterocycles. The van der Waals surface area contributed by atoms with Crippen LogP contribution in [0.3, 0.4) is 0 Å². The second kappa shape index (κ2) is 8.68. The summed E-state index contributed by atoms with van der Waals surface area (Å²) in [7, 11) is 1.82. The smallest absolute Gasteiger partial charge is 0.262 e. The third kappa shape index (κ3) is 4.72. The quantitative estimate of drug-likeness (QED) is 0.450. The van der Waals surface area contributed by atoms with Crippen molar-refractivity contribution in [2.75, 3.05) is 11.9 Å². The van der Waals surface area contributed by atoms with Crippen LogP contribution in [-0.4, -0.2) is 32.3 Å². The number of amides is 1. The maximum atomic E-state index is 12.5. The van der Waals surface area contributed by atoms with Crippen LogP contribution < -0.4 is 10.1 Å². The molecule has 7 nitrogen and oxygen atoms in total. The van der Waals surface area contributed by atoms with Gasteiger partial charge in [-0.1, -0.05) is 11.8 Å². The fourth-order valence-corrected chi connectivity index (χ4v) is 5.20. The maximum absolute atomic E-state index is 12.5. The summed E-state index contributed by atoms with van der Waals surface area (Å²) in [6.07, 6.45) is 0. The lowest BCUT2D eigenvalue weighted by Gasteiger charge is -2.10. The molecular formula is C22H23N5O2S2. The molecule has 0 aliphatic rings. The summed E-state index contributed by atoms with van der Waals surface area (Å²) in [6.45, 7) is 7.75. The summed E-state index contributed by atoms with van der Waals surface area (Å²) in [5, 5.41) is 10.2. The van der Waals surface area contributed by atoms with Crippen LogP contribution in [0.25, 0.3) is 11.0 Å². The lowest BCUT2D eigenvalue weighted by molar-refractivity contribution is -0.118. The summed E-state index contributed by atoms with van der Waals surface area (Å²) in [5.41, 5.74) is 5.44. The number of hydrogen-bond acceptors (Lipinski definition) is 7. The molecule has 1 amide bonds. The molecule has 1 aromatic carbocycles. The lowest BCUT2D eigenvalue weighted by Crippen LogP contribution is -2.21. The molecule has 1 N–H and O–H groups in total. The highest BCUT2D eigenvalue weighted by atomic mass is 32.2. The van der Waals surface area contributed by atoms with Crippen LogP contribution in [-0.2, 0) is 11.8 Å². The van der Waals surface area contributed by atoms with Crippen LogP contribution in [0.4, 0.5) is 5.69 Å². The van der Waals surface area contributed by atoms with E-state index >= 15 is 0 Å². The fourth-order valence-electron chi connectivity index (χ4n) is 3.29. The second-order valence-electron chi connectivity index (χ2n) is 7.38. The normalized spacial score (nSPS) is 11.1. The molecule has 0 aliphatic heterocycles. The molecule has 3 aromatic heterocycles. The predicted molar refractivity (Wildman–Crippen MR) is 124 cm³/mol. The molecule has 0 atom stereocenters. The van der Waals surface area contributed by atoms with E-state index < -0.39 is 0 Å². The van der Waals surface area contributed by atoms with Crippen molar-refractivity contribution in [2.45, 2.75) is 36.9 Å². The average Bonchev–Trinajstić information content (AvgIpc) is 3.25. The number of pyridine rings is 1. The molecule has 0 unspecified atom stereocenters. The second-order valence-corrected chi connectivity index (χ2v) is 9.56. The number of nitrogens with zero attached hydrogens (tertiary/aromatic N) is 4. The van der Waals surface area contributed by atoms with Crippen molar-refractivity contribution in [1.29, 1.82) is 0 Å². The third-order valence-corrected chi connectivity index (χ3v) is 6.75. The molecule has 0 aliphatic carbocycles. The Labute approximate surface area is 188 Å². The molecule has 0 spiro atoms. The number of ether oxygens (including phenoxy) is 1. The van der Waals surface area contributed by atoms with Crippen molar-refractivity contribution >= 4 is 45.7 Å². The van der Waals surface area contributed by atoms with E-state index in [1.807, 2.05) is 64.4 Å². The summed E-state index contributed by atoms with van der Waals surface area (Å²) in [4.78, 5) is 22.6. The number of anilines is 1. The molecule has 160 valence electrons. The van der Waals surface area contributed by atoms with E-state index in [2.05, 4.69) is 20.4 Å². The van der Waals surface area contributed by atoms with Gasteiger partial charge in [0.05, 0.1) is 5.39 Å². The Hall–Kier alpha value is -2.91. The first kappa shape index (κ1) is 21.3. The van der Waals surface area contributed by atoms with Crippen LogP contribution in [0.1, 0.15) is 22.5 Å². The van der Waals surface area contributed by atoms with Crippen molar-refractivity contribution in [2.24, 2.45) is 7.05 Å². The first-order valence-corrected chi connectivity index (χ1v) is 11.4. The van der Waals surface area contributed by atoms with Crippen molar-refractivity contribution in [3.8, 4) is 5.88 Å². The molecule has 0 bridgehead atoms. The number of fused-ring (bicyclic) bond motifs is 1. The van der Waals surface area contributed by atoms with Crippen molar-refractivity contribution in [3.05, 3.63) is 52.2 Å². The number of carbonyl (C=O) groups is 1. The zero-order valence-electron chi connectivity index (χ0n) is 18.0. The van der Waals surface area contributed by atoms with Crippen molar-refractivity contribution in [1.82, 2.24) is 19.7 Å². The van der Waals surface area contributed by atoms with Gasteiger partial charge in [-0.2, -0.15) is 0 Å². The Morgan fingerprint density at radius 3 is 2.65 bits per heavy atom. The van der Waals surface area contributed by atoms with Gasteiger partial charge in [-0.25, -0.2) is 14.6 Å². The summed E-state index contributed by atoms with van der Waals surface area (Å²) in [6, 6.07) is 7.91. The molecule has 4 rings (SSSR count). The van der Waals surface area contributed by atoms with E-state index in [0.717, 1.165) is 48.5 Å². The SMILES string of the molecule is Cc1csc(Sc2ccc(NC(=O)COc3nn(C)c4nc(C)cc(C)c34)c(C)c2)n1. The van der Waals surface area contributed by atoms with Crippen molar-refractivity contribution < 1.29 is 9.53 Å². The summed E-state index contributed by atoms with van der Waals surface area (Å²) < 4.78 is 8.42. The van der Waals surface area contributed by atoms with E-state index in [4.69, 9.17) is 4.74 Å². The molecule has 31 heavy (non-hydrogen) atoms. The van der Waals surface area contributed by atoms with Gasteiger partial charge in [0.1, 0.15) is 0 Å².